The molecular weight excluding hydrogens is 271 g/mol. The molecule has 0 saturated carbocycles. The summed E-state index contributed by atoms with van der Waals surface area (Å²) in [6.07, 6.45) is 0. The average Bonchev–Trinajstić information content (AvgIpc) is 2.25. The number of ether oxygens (including phenoxy) is 1. The van der Waals surface area contributed by atoms with E-state index in [2.05, 4.69) is 0 Å². The molecule has 1 aromatic rings. The van der Waals surface area contributed by atoms with Crippen LogP contribution in [0.25, 0.3) is 0 Å². The van der Waals surface area contributed by atoms with Gasteiger partial charge in [0.15, 0.2) is 5.75 Å². The maximum absolute atomic E-state index is 11.2. The summed E-state index contributed by atoms with van der Waals surface area (Å²) >= 11 is 0. The van der Waals surface area contributed by atoms with Crippen LogP contribution in [-0.2, 0) is 14.7 Å². The van der Waals surface area contributed by atoms with Gasteiger partial charge in [0.2, 0.25) is 5.30 Å². The van der Waals surface area contributed by atoms with Crippen LogP contribution in [0.1, 0.15) is 10.4 Å². The van der Waals surface area contributed by atoms with Gasteiger partial charge in [-0.2, -0.15) is 8.42 Å². The molecule has 0 aliphatic heterocycles. The molecule has 0 spiro atoms. The molecule has 1 N–H and O–H groups in total. The fraction of sp³-hybridized carbons (Fsp3) is 0.125. The number of rotatable bonds is 3. The third-order valence-corrected chi connectivity index (χ3v) is 3.31. The summed E-state index contributed by atoms with van der Waals surface area (Å²) in [6.45, 7) is 0. The molecule has 0 fully saturated rings. The number of carbonyl (C=O) groups excluding carboxylic acids is 1. The Labute approximate surface area is 97.7 Å². The lowest BCUT2D eigenvalue weighted by Crippen LogP contribution is -2.15. The summed E-state index contributed by atoms with van der Waals surface area (Å²) in [6, 6.07) is 2.92. The van der Waals surface area contributed by atoms with Gasteiger partial charge in [-0.15, -0.1) is 0 Å². The summed E-state index contributed by atoms with van der Waals surface area (Å²) in [7, 11) is -6.62. The Kier molecular flexibility index (Phi) is 3.94. The zero-order valence-electron chi connectivity index (χ0n) is 8.48. The van der Waals surface area contributed by atoms with Gasteiger partial charge < -0.3 is 9.63 Å². The second kappa shape index (κ2) is 4.89. The first kappa shape index (κ1) is 13.7. The van der Waals surface area contributed by atoms with Gasteiger partial charge in [0.05, 0.1) is 7.11 Å². The zero-order valence-corrected chi connectivity index (χ0v) is 10.2. The van der Waals surface area contributed by atoms with Crippen molar-refractivity contribution in [1.82, 2.24) is 0 Å². The Morgan fingerprint density at radius 1 is 1.47 bits per heavy atom. The molecule has 1 atom stereocenters. The molecule has 17 heavy (non-hydrogen) atoms. The molecule has 0 heterocycles. The predicted molar refractivity (Wildman–Crippen MR) is 56.1 cm³/mol. The first-order chi connectivity index (χ1) is 7.77. The van der Waals surface area contributed by atoms with Crippen LogP contribution >= 0.6 is 8.03 Å². The van der Waals surface area contributed by atoms with E-state index in [1.165, 1.54) is 7.11 Å². The lowest BCUT2D eigenvalue weighted by Gasteiger charge is -2.03. The number of carbonyl (C=O) groups is 1. The van der Waals surface area contributed by atoms with Crippen molar-refractivity contribution >= 4 is 28.6 Å². The monoisotopic (exact) mass is 278 g/mol. The van der Waals surface area contributed by atoms with E-state index in [9.17, 15) is 22.7 Å². The van der Waals surface area contributed by atoms with Gasteiger partial charge >= 0.3 is 23.3 Å². The normalized spacial score (nSPS) is 12.1. The van der Waals surface area contributed by atoms with Crippen molar-refractivity contribution in [2.24, 2.45) is 0 Å². The molecule has 0 bridgehead atoms. The van der Waals surface area contributed by atoms with Crippen molar-refractivity contribution in [3.8, 4) is 5.75 Å². The van der Waals surface area contributed by atoms with Crippen LogP contribution in [0.15, 0.2) is 18.2 Å². The van der Waals surface area contributed by atoms with Crippen LogP contribution in [0.5, 0.6) is 5.75 Å². The minimum Gasteiger partial charge on any atom is -0.591 e. The topological polar surface area (TPSA) is 121 Å². The average molecular weight is 278 g/mol. The largest absolute Gasteiger partial charge is 0.591 e. The van der Waals surface area contributed by atoms with E-state index in [1.54, 1.807) is 0 Å². The van der Waals surface area contributed by atoms with Crippen molar-refractivity contribution in [1.29, 1.82) is 0 Å². The maximum Gasteiger partial charge on any atom is 0.352 e. The van der Waals surface area contributed by atoms with E-state index < -0.39 is 23.3 Å². The molecule has 1 rings (SSSR count). The van der Waals surface area contributed by atoms with Crippen molar-refractivity contribution in [2.45, 2.75) is 0 Å². The Balaban J connectivity index is 3.33. The second-order valence-electron chi connectivity index (χ2n) is 2.91. The second-order valence-corrected chi connectivity index (χ2v) is 5.22. The fourth-order valence-corrected chi connectivity index (χ4v) is 2.06. The number of methoxy groups -OCH3 is 1. The van der Waals surface area contributed by atoms with Gasteiger partial charge in [-0.05, 0) is 18.2 Å². The summed E-state index contributed by atoms with van der Waals surface area (Å²) < 4.78 is 45.2. The van der Waals surface area contributed by atoms with E-state index in [0.717, 1.165) is 18.2 Å². The zero-order chi connectivity index (χ0) is 13.2. The lowest BCUT2D eigenvalue weighted by molar-refractivity contribution is -0.160. The van der Waals surface area contributed by atoms with Gasteiger partial charge in [-0.3, -0.25) is 9.35 Å². The van der Waals surface area contributed by atoms with Gasteiger partial charge in [-0.1, -0.05) is 4.57 Å². The molecule has 1 unspecified atom stereocenters. The van der Waals surface area contributed by atoms with E-state index in [-0.39, 0.29) is 16.6 Å². The highest BCUT2D eigenvalue weighted by Gasteiger charge is 2.24. The Hall–Kier alpha value is -1.34. The Morgan fingerprint density at radius 2 is 2.06 bits per heavy atom. The van der Waals surface area contributed by atoms with Crippen LogP contribution in [0.3, 0.4) is 0 Å². The predicted octanol–water partition coefficient (Wildman–Crippen LogP) is -0.549. The van der Waals surface area contributed by atoms with E-state index in [1.807, 2.05) is 0 Å². The number of benzene rings is 1. The summed E-state index contributed by atoms with van der Waals surface area (Å²) in [4.78, 5) is 21.9. The van der Waals surface area contributed by atoms with Crippen LogP contribution in [0, 0.1) is 0 Å². The number of hydrogen-bond donors (Lipinski definition) is 1. The van der Waals surface area contributed by atoms with Gasteiger partial charge in [0.1, 0.15) is 0 Å². The Bertz CT molecular complexity index is 578. The minimum atomic E-state index is -4.86. The van der Waals surface area contributed by atoms with Gasteiger partial charge in [0, 0.05) is 5.56 Å². The molecule has 0 amide bonds. The molecular formula is C8H7O7PS. The first-order valence-corrected chi connectivity index (χ1v) is 6.73. The van der Waals surface area contributed by atoms with Gasteiger partial charge in [-0.25, -0.2) is 0 Å². The molecule has 0 saturated heterocycles. The highest BCUT2D eigenvalue weighted by atomic mass is 32.2. The van der Waals surface area contributed by atoms with Crippen molar-refractivity contribution < 1.29 is 32.0 Å². The lowest BCUT2D eigenvalue weighted by atomic mass is 10.2. The smallest absolute Gasteiger partial charge is 0.352 e. The molecule has 0 aliphatic rings. The van der Waals surface area contributed by atoms with Crippen molar-refractivity contribution in [2.75, 3.05) is 7.11 Å². The van der Waals surface area contributed by atoms with Crippen LogP contribution in [0.4, 0.5) is 0 Å². The summed E-state index contributed by atoms with van der Waals surface area (Å²) in [5, 5.41) is -1.71. The molecule has 7 nitrogen and oxygen atoms in total. The molecule has 0 aromatic heterocycles. The molecule has 92 valence electrons. The van der Waals surface area contributed by atoms with Gasteiger partial charge in [0.25, 0.3) is 0 Å². The van der Waals surface area contributed by atoms with Crippen LogP contribution in [0.2, 0.25) is 0 Å². The highest BCUT2D eigenvalue weighted by molar-refractivity contribution is 8.01. The fourth-order valence-electron chi connectivity index (χ4n) is 1.10. The number of hydrogen-bond acceptors (Lipinski definition) is 6. The Morgan fingerprint density at radius 3 is 2.47 bits per heavy atom. The third-order valence-electron chi connectivity index (χ3n) is 1.85. The van der Waals surface area contributed by atoms with Crippen LogP contribution < -0.4 is 14.9 Å². The quantitative estimate of drug-likeness (QED) is 0.581. The van der Waals surface area contributed by atoms with Crippen molar-refractivity contribution in [3.63, 3.8) is 0 Å². The molecule has 0 radical (unpaired) electrons. The first-order valence-electron chi connectivity index (χ1n) is 4.11. The third kappa shape index (κ3) is 3.07. The van der Waals surface area contributed by atoms with E-state index >= 15 is 0 Å². The molecule has 0 aliphatic carbocycles. The van der Waals surface area contributed by atoms with Crippen molar-refractivity contribution in [3.05, 3.63) is 23.8 Å². The molecule has 9 heteroatoms. The van der Waals surface area contributed by atoms with E-state index in [0.29, 0.717) is 0 Å². The minimum absolute atomic E-state index is 0.171. The highest BCUT2D eigenvalue weighted by Crippen LogP contribution is 2.21. The van der Waals surface area contributed by atoms with Crippen LogP contribution in [-0.4, -0.2) is 25.2 Å². The molecule has 1 aromatic carbocycles. The summed E-state index contributed by atoms with van der Waals surface area (Å²) in [5.41, 5.74) is -0.384. The SMILES string of the molecule is COc1cc(C(=O)S(=O)(=O)O)ccc1[P+](=O)[O-]. The van der Waals surface area contributed by atoms with E-state index in [4.69, 9.17) is 9.29 Å². The maximum atomic E-state index is 11.2. The standard InChI is InChI=1S/C8H7O7PS/c1-15-6-4-5(8(9)17(12,13)14)2-3-7(6)16(10)11/h2-4H,1H3,(H,12,13,14). The summed E-state index contributed by atoms with van der Waals surface area (Å²) in [5.74, 6) is -0.171.